The molecule has 0 radical (unpaired) electrons. The van der Waals surface area contributed by atoms with Crippen LogP contribution in [0.1, 0.15) is 68.8 Å². The highest BCUT2D eigenvalue weighted by atomic mass is 35.5. The van der Waals surface area contributed by atoms with E-state index in [2.05, 4.69) is 14.7 Å². The van der Waals surface area contributed by atoms with Gasteiger partial charge < -0.3 is 9.47 Å². The third-order valence-corrected chi connectivity index (χ3v) is 7.65. The Morgan fingerprint density at radius 3 is 2.43 bits per heavy atom. The van der Waals surface area contributed by atoms with Crippen molar-refractivity contribution in [2.75, 3.05) is 17.7 Å². The van der Waals surface area contributed by atoms with Gasteiger partial charge in [0.2, 0.25) is 15.9 Å². The number of nitrogens with one attached hydrogen (secondary N) is 1. The van der Waals surface area contributed by atoms with E-state index in [1.54, 1.807) is 24.1 Å². The molecule has 0 atom stereocenters. The van der Waals surface area contributed by atoms with Crippen molar-refractivity contribution in [3.05, 3.63) is 52.4 Å². The molecule has 0 saturated heterocycles. The lowest BCUT2D eigenvalue weighted by Gasteiger charge is -2.26. The number of halogens is 1. The number of carbonyl (C=O) groups excluding carboxylic acids is 2. The van der Waals surface area contributed by atoms with Gasteiger partial charge in [0, 0.05) is 23.2 Å². The number of pyridine rings is 1. The Hall–Kier alpha value is -2.98. The fourth-order valence-electron chi connectivity index (χ4n) is 3.88. The van der Waals surface area contributed by atoms with Crippen molar-refractivity contribution in [1.29, 1.82) is 0 Å². The number of rotatable bonds is 9. The number of imidazole rings is 1. The van der Waals surface area contributed by atoms with Crippen LogP contribution in [0.3, 0.4) is 0 Å². The topological polar surface area (TPSA) is 114 Å². The van der Waals surface area contributed by atoms with E-state index in [1.165, 1.54) is 6.07 Å². The number of anilines is 1. The number of benzene rings is 1. The van der Waals surface area contributed by atoms with Gasteiger partial charge in [-0.25, -0.2) is 23.1 Å². The minimum absolute atomic E-state index is 0.0171. The fraction of sp³-hybridized carbons (Fsp3) is 0.462. The number of nitrogens with zero attached hydrogens (tertiary/aromatic N) is 4. The Morgan fingerprint density at radius 1 is 1.11 bits per heavy atom. The van der Waals surface area contributed by atoms with Crippen molar-refractivity contribution in [2.24, 2.45) is 5.41 Å². The predicted molar refractivity (Wildman–Crippen MR) is 146 cm³/mol. The smallest absolute Gasteiger partial charge is 0.283 e. The van der Waals surface area contributed by atoms with Crippen LogP contribution in [0.25, 0.3) is 11.2 Å². The Labute approximate surface area is 223 Å². The minimum Gasteiger partial charge on any atom is -0.315 e. The molecule has 0 bridgehead atoms. The van der Waals surface area contributed by atoms with Gasteiger partial charge in [0.25, 0.3) is 5.91 Å². The second-order valence-electron chi connectivity index (χ2n) is 10.1. The maximum atomic E-state index is 12.7. The van der Waals surface area contributed by atoms with Gasteiger partial charge in [0.1, 0.15) is 17.0 Å². The van der Waals surface area contributed by atoms with E-state index in [0.717, 1.165) is 18.4 Å². The Bertz CT molecular complexity index is 1430. The van der Waals surface area contributed by atoms with Crippen LogP contribution in [0.2, 0.25) is 5.02 Å². The van der Waals surface area contributed by atoms with E-state index in [1.807, 2.05) is 51.3 Å². The summed E-state index contributed by atoms with van der Waals surface area (Å²) in [5, 5.41) is 0.472. The molecule has 0 aliphatic carbocycles. The molecule has 0 aliphatic rings. The molecule has 2 aromatic heterocycles. The first-order chi connectivity index (χ1) is 17.2. The van der Waals surface area contributed by atoms with Crippen molar-refractivity contribution < 1.29 is 18.0 Å². The van der Waals surface area contributed by atoms with E-state index in [4.69, 9.17) is 11.6 Å². The maximum Gasteiger partial charge on any atom is 0.283 e. The summed E-state index contributed by atoms with van der Waals surface area (Å²) in [6.45, 7) is 9.70. The van der Waals surface area contributed by atoms with Gasteiger partial charge >= 0.3 is 0 Å². The van der Waals surface area contributed by atoms with E-state index in [-0.39, 0.29) is 17.4 Å². The molecule has 0 aliphatic heterocycles. The fourth-order valence-corrected chi connectivity index (χ4v) is 5.19. The average molecular weight is 548 g/mol. The molecule has 3 rings (SSSR count). The zero-order valence-corrected chi connectivity index (χ0v) is 23.7. The van der Waals surface area contributed by atoms with Crippen LogP contribution in [0.5, 0.6) is 0 Å². The van der Waals surface area contributed by atoms with Crippen molar-refractivity contribution in [3.63, 3.8) is 0 Å². The second kappa shape index (κ2) is 11.2. The van der Waals surface area contributed by atoms with Crippen LogP contribution in [-0.4, -0.2) is 47.6 Å². The lowest BCUT2D eigenvalue weighted by molar-refractivity contribution is -0.125. The van der Waals surface area contributed by atoms with E-state index in [0.29, 0.717) is 40.7 Å². The quantitative estimate of drug-likeness (QED) is 0.388. The molecule has 37 heavy (non-hydrogen) atoms. The van der Waals surface area contributed by atoms with Gasteiger partial charge in [-0.1, -0.05) is 58.2 Å². The molecule has 9 nitrogen and oxygen atoms in total. The first kappa shape index (κ1) is 28.6. The largest absolute Gasteiger partial charge is 0.315 e. The zero-order valence-electron chi connectivity index (χ0n) is 22.1. The maximum absolute atomic E-state index is 12.7. The van der Waals surface area contributed by atoms with Crippen LogP contribution in [0.4, 0.5) is 5.69 Å². The number of amides is 2. The molecule has 1 N–H and O–H groups in total. The highest BCUT2D eigenvalue weighted by molar-refractivity contribution is 7.90. The molecule has 1 aromatic carbocycles. The summed E-state index contributed by atoms with van der Waals surface area (Å²) in [4.78, 5) is 35.8. The summed E-state index contributed by atoms with van der Waals surface area (Å²) < 4.78 is 28.4. The highest BCUT2D eigenvalue weighted by Gasteiger charge is 2.26. The Morgan fingerprint density at radius 2 is 1.81 bits per heavy atom. The van der Waals surface area contributed by atoms with Crippen LogP contribution in [0.15, 0.2) is 30.3 Å². The lowest BCUT2D eigenvalue weighted by Crippen LogP contribution is -2.36. The standard InChI is InChI=1S/C26H34ClN5O4S/c1-7-8-9-14-37(35,36)30-24(33)22-13-12-21-23(29-22)32(17(2)28-21)16-18-10-11-19(15-20(18)27)31(6)25(34)26(3,4)5/h10-13,15H,7-9,14,16H2,1-6H3,(H,30,33). The van der Waals surface area contributed by atoms with Crippen molar-refractivity contribution in [3.8, 4) is 0 Å². The number of aryl methyl sites for hydroxylation is 1. The van der Waals surface area contributed by atoms with Crippen molar-refractivity contribution in [2.45, 2.75) is 60.4 Å². The minimum atomic E-state index is -3.75. The van der Waals surface area contributed by atoms with Crippen LogP contribution >= 0.6 is 11.6 Å². The van der Waals surface area contributed by atoms with Crippen molar-refractivity contribution >= 4 is 50.3 Å². The third kappa shape index (κ3) is 6.87. The number of sulfonamides is 1. The summed E-state index contributed by atoms with van der Waals surface area (Å²) in [5.41, 5.74) is 1.92. The summed E-state index contributed by atoms with van der Waals surface area (Å²) in [5.74, 6) is -0.267. The van der Waals surface area contributed by atoms with Crippen LogP contribution < -0.4 is 9.62 Å². The number of hydrogen-bond acceptors (Lipinski definition) is 6. The second-order valence-corrected chi connectivity index (χ2v) is 12.4. The Kier molecular flexibility index (Phi) is 8.64. The predicted octanol–water partition coefficient (Wildman–Crippen LogP) is 4.70. The number of carbonyl (C=O) groups is 2. The normalized spacial score (nSPS) is 12.1. The van der Waals surface area contributed by atoms with Gasteiger partial charge in [-0.15, -0.1) is 0 Å². The number of fused-ring (bicyclic) bond motifs is 1. The number of aromatic nitrogens is 3. The van der Waals surface area contributed by atoms with E-state index >= 15 is 0 Å². The molecule has 0 unspecified atom stereocenters. The first-order valence-corrected chi connectivity index (χ1v) is 14.2. The van der Waals surface area contributed by atoms with Gasteiger partial charge in [-0.2, -0.15) is 0 Å². The number of unbranched alkanes of at least 4 members (excludes halogenated alkanes) is 2. The van der Waals surface area contributed by atoms with Crippen LogP contribution in [0, 0.1) is 12.3 Å². The molecule has 0 spiro atoms. The average Bonchev–Trinajstić information content (AvgIpc) is 3.12. The monoisotopic (exact) mass is 547 g/mol. The number of hydrogen-bond donors (Lipinski definition) is 1. The molecular formula is C26H34ClN5O4S. The molecular weight excluding hydrogens is 514 g/mol. The van der Waals surface area contributed by atoms with Crippen molar-refractivity contribution in [1.82, 2.24) is 19.3 Å². The molecule has 0 fully saturated rings. The summed E-state index contributed by atoms with van der Waals surface area (Å²) in [7, 11) is -2.03. The molecule has 200 valence electrons. The Balaban J connectivity index is 1.86. The molecule has 2 amide bonds. The molecule has 0 saturated carbocycles. The first-order valence-electron chi connectivity index (χ1n) is 12.2. The molecule has 2 heterocycles. The molecule has 11 heteroatoms. The summed E-state index contributed by atoms with van der Waals surface area (Å²) in [6, 6.07) is 8.51. The lowest BCUT2D eigenvalue weighted by atomic mass is 9.94. The van der Waals surface area contributed by atoms with E-state index in [9.17, 15) is 18.0 Å². The highest BCUT2D eigenvalue weighted by Crippen LogP contribution is 2.28. The summed E-state index contributed by atoms with van der Waals surface area (Å²) in [6.07, 6.45) is 2.13. The van der Waals surface area contributed by atoms with Gasteiger partial charge in [-0.3, -0.25) is 9.59 Å². The van der Waals surface area contributed by atoms with E-state index < -0.39 is 21.3 Å². The zero-order chi connectivity index (χ0) is 27.5. The van der Waals surface area contributed by atoms with Gasteiger partial charge in [0.15, 0.2) is 5.65 Å². The summed E-state index contributed by atoms with van der Waals surface area (Å²) >= 11 is 6.60. The van der Waals surface area contributed by atoms with Crippen LogP contribution in [-0.2, 0) is 21.4 Å². The SMILES string of the molecule is CCCCCS(=O)(=O)NC(=O)c1ccc2nc(C)n(Cc3ccc(N(C)C(=O)C(C)(C)C)cc3Cl)c2n1. The van der Waals surface area contributed by atoms with Gasteiger partial charge in [0.05, 0.1) is 12.3 Å². The third-order valence-electron chi connectivity index (χ3n) is 5.98. The van der Waals surface area contributed by atoms with Gasteiger partial charge in [-0.05, 0) is 43.2 Å². The molecule has 3 aromatic rings.